The molecule has 4 heteroatoms. The number of pyridine rings is 1. The van der Waals surface area contributed by atoms with Crippen molar-refractivity contribution in [3.63, 3.8) is 0 Å². The van der Waals surface area contributed by atoms with E-state index in [1.165, 1.54) is 17.5 Å². The maximum Gasteiger partial charge on any atom is 0.268 e. The molecule has 0 fully saturated rings. The predicted molar refractivity (Wildman–Crippen MR) is 84.6 cm³/mol. The highest BCUT2D eigenvalue weighted by Gasteiger charge is 2.14. The summed E-state index contributed by atoms with van der Waals surface area (Å²) in [7, 11) is 0. The molecule has 1 aliphatic rings. The Morgan fingerprint density at radius 3 is 2.77 bits per heavy atom. The number of hydrogen-bond donors (Lipinski definition) is 1. The third-order valence-corrected chi connectivity index (χ3v) is 4.23. The molecule has 2 aromatic rings. The first kappa shape index (κ1) is 14.6. The minimum absolute atomic E-state index is 0.0207. The molecule has 1 aliphatic carbocycles. The van der Waals surface area contributed by atoms with Gasteiger partial charge in [0.2, 0.25) is 0 Å². The van der Waals surface area contributed by atoms with E-state index in [-0.39, 0.29) is 17.7 Å². The van der Waals surface area contributed by atoms with E-state index in [9.17, 15) is 4.79 Å². The van der Waals surface area contributed by atoms with Crippen molar-refractivity contribution in [2.75, 3.05) is 6.61 Å². The van der Waals surface area contributed by atoms with E-state index < -0.39 is 0 Å². The zero-order chi connectivity index (χ0) is 15.5. The fourth-order valence-corrected chi connectivity index (χ4v) is 3.10. The van der Waals surface area contributed by atoms with Crippen LogP contribution < -0.4 is 5.56 Å². The van der Waals surface area contributed by atoms with Gasteiger partial charge in [0.15, 0.2) is 0 Å². The molecule has 3 rings (SSSR count). The Morgan fingerprint density at radius 2 is 2.00 bits per heavy atom. The lowest BCUT2D eigenvalue weighted by Gasteiger charge is -2.14. The third kappa shape index (κ3) is 2.56. The van der Waals surface area contributed by atoms with Crippen LogP contribution in [0, 0.1) is 11.3 Å². The molecule has 0 saturated carbocycles. The molecule has 0 aliphatic heterocycles. The summed E-state index contributed by atoms with van der Waals surface area (Å²) in [5.41, 5.74) is 4.41. The number of aliphatic hydroxyl groups excluding tert-OH is 1. The maximum atomic E-state index is 12.4. The molecule has 1 heterocycles. The van der Waals surface area contributed by atoms with Crippen LogP contribution in [0.15, 0.2) is 35.1 Å². The van der Waals surface area contributed by atoms with Gasteiger partial charge in [0.25, 0.3) is 5.56 Å². The van der Waals surface area contributed by atoms with Gasteiger partial charge in [-0.3, -0.25) is 4.79 Å². The van der Waals surface area contributed by atoms with E-state index in [1.54, 1.807) is 10.6 Å². The van der Waals surface area contributed by atoms with Gasteiger partial charge < -0.3 is 9.67 Å². The maximum absolute atomic E-state index is 12.4. The van der Waals surface area contributed by atoms with Crippen molar-refractivity contribution in [3.8, 4) is 17.3 Å². The Balaban J connectivity index is 2.12. The van der Waals surface area contributed by atoms with Crippen molar-refractivity contribution in [2.24, 2.45) is 0 Å². The lowest BCUT2D eigenvalue weighted by molar-refractivity contribution is 0.279. The molecule has 1 aromatic carbocycles. The standard InChI is InChI=1S/C18H18N2O2/c19-12-16-7-8-17(20(18(16)22)9-2-10-21)15-6-5-13-3-1-4-14(13)11-15/h5-8,11,21H,1-4,9-10H2. The summed E-state index contributed by atoms with van der Waals surface area (Å²) in [6, 6.07) is 11.7. The molecular weight excluding hydrogens is 276 g/mol. The number of rotatable bonds is 4. The quantitative estimate of drug-likeness (QED) is 0.940. The number of aromatic nitrogens is 1. The molecule has 112 valence electrons. The average molecular weight is 294 g/mol. The van der Waals surface area contributed by atoms with E-state index >= 15 is 0 Å². The molecule has 0 radical (unpaired) electrons. The van der Waals surface area contributed by atoms with Gasteiger partial charge in [-0.2, -0.15) is 5.26 Å². The van der Waals surface area contributed by atoms with Crippen LogP contribution in [0.1, 0.15) is 29.5 Å². The van der Waals surface area contributed by atoms with Crippen LogP contribution in [0.25, 0.3) is 11.3 Å². The smallest absolute Gasteiger partial charge is 0.268 e. The van der Waals surface area contributed by atoms with Crippen LogP contribution in [0.4, 0.5) is 0 Å². The molecule has 0 amide bonds. The SMILES string of the molecule is N#Cc1ccc(-c2ccc3c(c2)CCC3)n(CCCO)c1=O. The van der Waals surface area contributed by atoms with E-state index in [0.717, 1.165) is 24.1 Å². The predicted octanol–water partition coefficient (Wildman–Crippen LogP) is 2.26. The highest BCUT2D eigenvalue weighted by Crippen LogP contribution is 2.27. The number of benzene rings is 1. The fourth-order valence-electron chi connectivity index (χ4n) is 3.10. The van der Waals surface area contributed by atoms with Crippen molar-refractivity contribution in [3.05, 3.63) is 57.4 Å². The van der Waals surface area contributed by atoms with Crippen LogP contribution in [-0.2, 0) is 19.4 Å². The van der Waals surface area contributed by atoms with E-state index in [0.29, 0.717) is 13.0 Å². The number of fused-ring (bicyclic) bond motifs is 1. The van der Waals surface area contributed by atoms with Gasteiger partial charge in [0.05, 0.1) is 5.69 Å². The van der Waals surface area contributed by atoms with Gasteiger partial charge in [-0.05, 0) is 60.6 Å². The molecule has 4 nitrogen and oxygen atoms in total. The minimum atomic E-state index is -0.283. The Kier molecular flexibility index (Phi) is 4.08. The van der Waals surface area contributed by atoms with Crippen LogP contribution in [0.2, 0.25) is 0 Å². The number of aliphatic hydroxyl groups is 1. The fraction of sp³-hybridized carbons (Fsp3) is 0.333. The number of aryl methyl sites for hydroxylation is 2. The molecule has 0 bridgehead atoms. The lowest BCUT2D eigenvalue weighted by Crippen LogP contribution is -2.24. The van der Waals surface area contributed by atoms with Gasteiger partial charge in [0.1, 0.15) is 11.6 Å². The zero-order valence-corrected chi connectivity index (χ0v) is 12.4. The molecular formula is C18H18N2O2. The highest BCUT2D eigenvalue weighted by atomic mass is 16.3. The van der Waals surface area contributed by atoms with Gasteiger partial charge in [-0.1, -0.05) is 12.1 Å². The van der Waals surface area contributed by atoms with Crippen LogP contribution >= 0.6 is 0 Å². The summed E-state index contributed by atoms with van der Waals surface area (Å²) in [5, 5.41) is 18.1. The first-order chi connectivity index (χ1) is 10.7. The summed E-state index contributed by atoms with van der Waals surface area (Å²) in [5.74, 6) is 0. The van der Waals surface area contributed by atoms with Gasteiger partial charge in [-0.15, -0.1) is 0 Å². The second kappa shape index (κ2) is 6.17. The minimum Gasteiger partial charge on any atom is -0.396 e. The van der Waals surface area contributed by atoms with Crippen LogP contribution in [0.3, 0.4) is 0 Å². The van der Waals surface area contributed by atoms with Crippen molar-refractivity contribution in [1.29, 1.82) is 5.26 Å². The number of nitrogens with zero attached hydrogens (tertiary/aromatic N) is 2. The summed E-state index contributed by atoms with van der Waals surface area (Å²) in [6.45, 7) is 0.435. The first-order valence-corrected chi connectivity index (χ1v) is 7.61. The van der Waals surface area contributed by atoms with E-state index in [2.05, 4.69) is 12.1 Å². The van der Waals surface area contributed by atoms with Crippen molar-refractivity contribution in [2.45, 2.75) is 32.2 Å². The van der Waals surface area contributed by atoms with Gasteiger partial charge in [0, 0.05) is 13.2 Å². The number of hydrogen-bond acceptors (Lipinski definition) is 3. The monoisotopic (exact) mass is 294 g/mol. The molecule has 1 aromatic heterocycles. The molecule has 0 spiro atoms. The van der Waals surface area contributed by atoms with Crippen molar-refractivity contribution < 1.29 is 5.11 Å². The largest absolute Gasteiger partial charge is 0.396 e. The van der Waals surface area contributed by atoms with Crippen molar-refractivity contribution in [1.82, 2.24) is 4.57 Å². The second-order valence-corrected chi connectivity index (χ2v) is 5.62. The Labute approximate surface area is 129 Å². The summed E-state index contributed by atoms with van der Waals surface area (Å²) >= 11 is 0. The Hall–Kier alpha value is -2.38. The molecule has 22 heavy (non-hydrogen) atoms. The average Bonchev–Trinajstić information content (AvgIpc) is 3.01. The van der Waals surface area contributed by atoms with Crippen molar-refractivity contribution >= 4 is 0 Å². The topological polar surface area (TPSA) is 66.0 Å². The normalized spacial score (nSPS) is 12.9. The van der Waals surface area contributed by atoms with Gasteiger partial charge >= 0.3 is 0 Å². The summed E-state index contributed by atoms with van der Waals surface area (Å²) in [6.07, 6.45) is 3.89. The first-order valence-electron chi connectivity index (χ1n) is 7.61. The highest BCUT2D eigenvalue weighted by molar-refractivity contribution is 5.63. The molecule has 0 unspecified atom stereocenters. The number of nitriles is 1. The summed E-state index contributed by atoms with van der Waals surface area (Å²) in [4.78, 5) is 12.4. The summed E-state index contributed by atoms with van der Waals surface area (Å²) < 4.78 is 1.60. The lowest BCUT2D eigenvalue weighted by atomic mass is 10.0. The van der Waals surface area contributed by atoms with Crippen LogP contribution in [0.5, 0.6) is 0 Å². The van der Waals surface area contributed by atoms with E-state index in [4.69, 9.17) is 10.4 Å². The molecule has 0 atom stereocenters. The Bertz CT molecular complexity index is 800. The Morgan fingerprint density at radius 1 is 1.18 bits per heavy atom. The molecule has 1 N–H and O–H groups in total. The second-order valence-electron chi connectivity index (χ2n) is 5.62. The van der Waals surface area contributed by atoms with Gasteiger partial charge in [-0.25, -0.2) is 0 Å². The third-order valence-electron chi connectivity index (χ3n) is 4.23. The van der Waals surface area contributed by atoms with Crippen LogP contribution in [-0.4, -0.2) is 16.3 Å². The zero-order valence-electron chi connectivity index (χ0n) is 12.4. The molecule has 0 saturated heterocycles. The van der Waals surface area contributed by atoms with E-state index in [1.807, 2.05) is 18.2 Å².